The van der Waals surface area contributed by atoms with E-state index < -0.39 is 5.97 Å². The number of rotatable bonds is 1. The van der Waals surface area contributed by atoms with Gasteiger partial charge in [-0.15, -0.1) is 0 Å². The van der Waals surface area contributed by atoms with Crippen molar-refractivity contribution in [1.82, 2.24) is 0 Å². The van der Waals surface area contributed by atoms with Crippen LogP contribution >= 0.6 is 15.9 Å². The van der Waals surface area contributed by atoms with Crippen LogP contribution in [0.4, 0.5) is 0 Å². The molecule has 0 fully saturated rings. The van der Waals surface area contributed by atoms with Crippen LogP contribution in [0, 0.1) is 5.92 Å². The Morgan fingerprint density at radius 2 is 1.60 bits per heavy atom. The van der Waals surface area contributed by atoms with Gasteiger partial charge in [0, 0.05) is 19.5 Å². The maximum atomic E-state index is 9.32. The predicted octanol–water partition coefficient (Wildman–Crippen LogP) is 2.08. The van der Waals surface area contributed by atoms with Crippen LogP contribution in [0.1, 0.15) is 20.8 Å². The van der Waals surface area contributed by atoms with Crippen LogP contribution in [0.2, 0.25) is 0 Å². The van der Waals surface area contributed by atoms with Gasteiger partial charge in [0.05, 0.1) is 0 Å². The summed E-state index contributed by atoms with van der Waals surface area (Å²) >= 11 is 2.71. The molecule has 0 aliphatic carbocycles. The molecule has 2 nitrogen and oxygen atoms in total. The maximum Gasteiger partial charge on any atom is 0.314 e. The molecule has 0 spiro atoms. The van der Waals surface area contributed by atoms with E-state index in [4.69, 9.17) is 5.11 Å². The monoisotopic (exact) mass is 259 g/mol. The largest absolute Gasteiger partial charge is 0.481 e. The quantitative estimate of drug-likeness (QED) is 0.446. The standard InChI is InChI=1S/C4H9.C2H3BrO2.Zn/c1-4(2)3;3-1-2(4)5;/h1-3H3;1H2,(H,4,5);/q-1;;. The Bertz CT molecular complexity index is 73.4. The van der Waals surface area contributed by atoms with Gasteiger partial charge in [-0.3, -0.25) is 4.79 Å². The van der Waals surface area contributed by atoms with Crippen molar-refractivity contribution in [2.75, 3.05) is 5.33 Å². The molecule has 4 heteroatoms. The summed E-state index contributed by atoms with van der Waals surface area (Å²) < 4.78 is 0. The van der Waals surface area contributed by atoms with Crippen LogP contribution in [-0.4, -0.2) is 16.4 Å². The van der Waals surface area contributed by atoms with Crippen molar-refractivity contribution in [3.63, 3.8) is 0 Å². The van der Waals surface area contributed by atoms with Gasteiger partial charge in [0.15, 0.2) is 0 Å². The maximum absolute atomic E-state index is 9.32. The van der Waals surface area contributed by atoms with E-state index in [2.05, 4.69) is 36.7 Å². The number of alkyl halides is 1. The molecule has 0 heterocycles. The number of hydrogen-bond acceptors (Lipinski definition) is 1. The van der Waals surface area contributed by atoms with Gasteiger partial charge in [-0.1, -0.05) is 15.9 Å². The van der Waals surface area contributed by atoms with Crippen molar-refractivity contribution in [2.45, 2.75) is 20.8 Å². The SMILES string of the molecule is C[C-](C)C.O=C(O)CBr.[Zn]. The first kappa shape index (κ1) is 16.9. The van der Waals surface area contributed by atoms with E-state index in [1.165, 1.54) is 5.92 Å². The van der Waals surface area contributed by atoms with Gasteiger partial charge in [0.25, 0.3) is 0 Å². The molecule has 0 aromatic rings. The number of aliphatic carboxylic acids is 1. The van der Waals surface area contributed by atoms with E-state index in [-0.39, 0.29) is 24.8 Å². The van der Waals surface area contributed by atoms with Gasteiger partial charge < -0.3 is 11.0 Å². The molecule has 0 bridgehead atoms. The van der Waals surface area contributed by atoms with Gasteiger partial charge in [0.1, 0.15) is 5.33 Å². The van der Waals surface area contributed by atoms with Gasteiger partial charge in [-0.25, -0.2) is 0 Å². The first-order valence-electron chi connectivity index (χ1n) is 2.55. The zero-order valence-electron chi connectivity index (χ0n) is 6.65. The van der Waals surface area contributed by atoms with Crippen molar-refractivity contribution in [2.24, 2.45) is 0 Å². The third-order valence-corrected chi connectivity index (χ3v) is 0.594. The Kier molecular flexibility index (Phi) is 20.7. The average Bonchev–Trinajstić information content (AvgIpc) is 1.65. The van der Waals surface area contributed by atoms with Gasteiger partial charge >= 0.3 is 5.97 Å². The summed E-state index contributed by atoms with van der Waals surface area (Å²) in [5, 5.41) is 7.71. The molecule has 0 aromatic heterocycles. The molecule has 0 aromatic carbocycles. The number of carbonyl (C=O) groups is 1. The Morgan fingerprint density at radius 1 is 1.50 bits per heavy atom. The molecule has 0 amide bonds. The normalized spacial score (nSPS) is 7.30. The van der Waals surface area contributed by atoms with E-state index in [1.54, 1.807) is 0 Å². The molecular weight excluding hydrogens is 249 g/mol. The molecule has 58 valence electrons. The minimum absolute atomic E-state index is 0. The summed E-state index contributed by atoms with van der Waals surface area (Å²) in [5.41, 5.74) is 0. The minimum atomic E-state index is -0.829. The number of carboxylic acid groups (broad SMARTS) is 1. The second kappa shape index (κ2) is 12.3. The van der Waals surface area contributed by atoms with E-state index in [9.17, 15) is 4.79 Å². The van der Waals surface area contributed by atoms with Gasteiger partial charge in [-0.05, 0) is 0 Å². The summed E-state index contributed by atoms with van der Waals surface area (Å²) in [6, 6.07) is 0. The molecular formula is C6H12BrO2Zn-. The summed E-state index contributed by atoms with van der Waals surface area (Å²) in [6.45, 7) is 6.25. The number of carboxylic acids is 1. The molecule has 10 heavy (non-hydrogen) atoms. The first-order chi connectivity index (χ1) is 4.00. The summed E-state index contributed by atoms with van der Waals surface area (Å²) in [6.07, 6.45) is 0. The molecule has 0 atom stereocenters. The Labute approximate surface area is 83.3 Å². The second-order valence-electron chi connectivity index (χ2n) is 2.03. The fraction of sp³-hybridized carbons (Fsp3) is 0.667. The molecule has 0 saturated heterocycles. The summed E-state index contributed by atoms with van der Waals surface area (Å²) in [4.78, 5) is 9.32. The fourth-order valence-corrected chi connectivity index (χ4v) is 0. The van der Waals surface area contributed by atoms with Crippen LogP contribution in [0.5, 0.6) is 0 Å². The molecule has 0 aliphatic heterocycles. The third-order valence-electron chi connectivity index (χ3n) is 0.114. The van der Waals surface area contributed by atoms with Crippen LogP contribution in [-0.2, 0) is 24.3 Å². The molecule has 0 radical (unpaired) electrons. The van der Waals surface area contributed by atoms with Crippen molar-refractivity contribution < 1.29 is 29.4 Å². The van der Waals surface area contributed by atoms with Crippen LogP contribution in [0.3, 0.4) is 0 Å². The van der Waals surface area contributed by atoms with Gasteiger partial charge in [-0.2, -0.15) is 20.8 Å². The fourth-order valence-electron chi connectivity index (χ4n) is 0. The Hall–Kier alpha value is 0.573. The zero-order chi connectivity index (χ0) is 7.86. The summed E-state index contributed by atoms with van der Waals surface area (Å²) in [5.74, 6) is 0.588. The van der Waals surface area contributed by atoms with Crippen molar-refractivity contribution in [3.8, 4) is 0 Å². The number of halogens is 1. The number of hydrogen-bond donors (Lipinski definition) is 1. The summed E-state index contributed by atoms with van der Waals surface area (Å²) in [7, 11) is 0. The molecule has 1 N–H and O–H groups in total. The molecule has 0 aliphatic rings. The zero-order valence-corrected chi connectivity index (χ0v) is 11.2. The van der Waals surface area contributed by atoms with Crippen LogP contribution in [0.15, 0.2) is 0 Å². The van der Waals surface area contributed by atoms with E-state index >= 15 is 0 Å². The molecule has 0 saturated carbocycles. The predicted molar refractivity (Wildman–Crippen MR) is 41.7 cm³/mol. The third kappa shape index (κ3) is 74.3. The van der Waals surface area contributed by atoms with Crippen molar-refractivity contribution in [3.05, 3.63) is 5.92 Å². The van der Waals surface area contributed by atoms with E-state index in [0.29, 0.717) is 0 Å². The van der Waals surface area contributed by atoms with E-state index in [0.717, 1.165) is 0 Å². The topological polar surface area (TPSA) is 37.3 Å². The Balaban J connectivity index is -0.0000000910. The first-order valence-corrected chi connectivity index (χ1v) is 3.67. The molecule has 0 rings (SSSR count). The average molecular weight is 261 g/mol. The smallest absolute Gasteiger partial charge is 0.314 e. The van der Waals surface area contributed by atoms with Crippen LogP contribution in [0.25, 0.3) is 0 Å². The van der Waals surface area contributed by atoms with Gasteiger partial charge in [0.2, 0.25) is 0 Å². The second-order valence-corrected chi connectivity index (χ2v) is 2.59. The minimum Gasteiger partial charge on any atom is -0.481 e. The van der Waals surface area contributed by atoms with Crippen LogP contribution < -0.4 is 0 Å². The van der Waals surface area contributed by atoms with Crippen molar-refractivity contribution in [1.29, 1.82) is 0 Å². The Morgan fingerprint density at radius 3 is 1.60 bits per heavy atom. The van der Waals surface area contributed by atoms with E-state index in [1.807, 2.05) is 0 Å². The van der Waals surface area contributed by atoms with Crippen molar-refractivity contribution >= 4 is 21.9 Å². The molecule has 0 unspecified atom stereocenters.